The van der Waals surface area contributed by atoms with Gasteiger partial charge in [0.1, 0.15) is 0 Å². The van der Waals surface area contributed by atoms with Crippen molar-refractivity contribution in [1.82, 2.24) is 18.9 Å². The van der Waals surface area contributed by atoms with E-state index in [-0.39, 0.29) is 0 Å². The molecule has 1 aliphatic carbocycles. The Labute approximate surface area is 346 Å². The Morgan fingerprint density at radius 1 is 0.450 bits per heavy atom. The van der Waals surface area contributed by atoms with Crippen LogP contribution in [-0.2, 0) is 0 Å². The molecule has 1 atom stereocenters. The van der Waals surface area contributed by atoms with Crippen molar-refractivity contribution in [2.24, 2.45) is 0 Å². The van der Waals surface area contributed by atoms with Crippen LogP contribution in [0.5, 0.6) is 0 Å². The molecule has 280 valence electrons. The second kappa shape index (κ2) is 12.8. The number of para-hydroxylation sites is 3. The summed E-state index contributed by atoms with van der Waals surface area (Å²) in [6.07, 6.45) is 7.57. The smallest absolute Gasteiger partial charge is 0.160 e. The molecule has 13 rings (SSSR count). The highest BCUT2D eigenvalue weighted by Gasteiger charge is 2.22. The molecule has 0 N–H and O–H groups in total. The second-order valence-corrected chi connectivity index (χ2v) is 16.1. The van der Waals surface area contributed by atoms with Gasteiger partial charge in [-0.15, -0.1) is 0 Å². The van der Waals surface area contributed by atoms with Gasteiger partial charge in [0.2, 0.25) is 0 Å². The minimum absolute atomic E-state index is 0.292. The van der Waals surface area contributed by atoms with E-state index in [9.17, 15) is 0 Å². The quantitative estimate of drug-likeness (QED) is 0.175. The number of hydrogen-bond donors (Lipinski definition) is 0. The van der Waals surface area contributed by atoms with Crippen LogP contribution < -0.4 is 0 Å². The molecule has 4 aromatic heterocycles. The van der Waals surface area contributed by atoms with Gasteiger partial charge in [0.05, 0.1) is 39.0 Å². The first-order chi connectivity index (χ1) is 29.8. The zero-order valence-corrected chi connectivity index (χ0v) is 32.6. The molecule has 0 saturated carbocycles. The van der Waals surface area contributed by atoms with Crippen molar-refractivity contribution in [3.63, 3.8) is 0 Å². The van der Waals surface area contributed by atoms with E-state index in [2.05, 4.69) is 209 Å². The van der Waals surface area contributed by atoms with Crippen molar-refractivity contribution >= 4 is 76.2 Å². The molecule has 0 radical (unpaired) electrons. The van der Waals surface area contributed by atoms with E-state index in [0.29, 0.717) is 11.7 Å². The van der Waals surface area contributed by atoms with Crippen LogP contribution in [0.4, 0.5) is 0 Å². The third-order valence-electron chi connectivity index (χ3n) is 12.8. The van der Waals surface area contributed by atoms with Gasteiger partial charge in [-0.1, -0.05) is 158 Å². The first-order valence-electron chi connectivity index (χ1n) is 20.8. The SMILES string of the molecule is C1=CC(c2ccccc2)CC(c2cc(-c3ccccc3)nc(-c3cccc(-n4c5ccccc5c5c6ccc7c(c6ccc54)c4cccc5c6ccccc6n7c54)c3)n2)=C1. The summed E-state index contributed by atoms with van der Waals surface area (Å²) in [5, 5.41) is 10.2. The van der Waals surface area contributed by atoms with Crippen LogP contribution in [-0.4, -0.2) is 18.9 Å². The molecule has 0 amide bonds. The van der Waals surface area contributed by atoms with Crippen molar-refractivity contribution < 1.29 is 0 Å². The molecule has 8 aromatic carbocycles. The molecule has 4 nitrogen and oxygen atoms in total. The number of nitrogens with zero attached hydrogens (tertiary/aromatic N) is 4. The topological polar surface area (TPSA) is 35.1 Å². The van der Waals surface area contributed by atoms with Crippen LogP contribution >= 0.6 is 0 Å². The number of aromatic nitrogens is 4. The highest BCUT2D eigenvalue weighted by atomic mass is 15.0. The Morgan fingerprint density at radius 3 is 1.95 bits per heavy atom. The lowest BCUT2D eigenvalue weighted by Gasteiger charge is -2.20. The van der Waals surface area contributed by atoms with Crippen LogP contribution in [0.3, 0.4) is 0 Å². The minimum Gasteiger partial charge on any atom is -0.309 e. The van der Waals surface area contributed by atoms with Gasteiger partial charge in [-0.2, -0.15) is 0 Å². The third kappa shape index (κ3) is 4.85. The summed E-state index contributed by atoms with van der Waals surface area (Å²) in [6, 6.07) is 65.9. The molecule has 4 heteroatoms. The van der Waals surface area contributed by atoms with E-state index in [1.54, 1.807) is 0 Å². The maximum atomic E-state index is 5.33. The summed E-state index contributed by atoms with van der Waals surface area (Å²) in [5.74, 6) is 1.01. The molecule has 0 aliphatic heterocycles. The molecule has 12 aromatic rings. The minimum atomic E-state index is 0.292. The van der Waals surface area contributed by atoms with Gasteiger partial charge >= 0.3 is 0 Å². The average molecular weight is 765 g/mol. The lowest BCUT2D eigenvalue weighted by Crippen LogP contribution is -2.04. The van der Waals surface area contributed by atoms with Crippen molar-refractivity contribution in [3.05, 3.63) is 211 Å². The summed E-state index contributed by atoms with van der Waals surface area (Å²) in [7, 11) is 0. The molecule has 0 spiro atoms. The molecular formula is C56H36N4. The lowest BCUT2D eigenvalue weighted by atomic mass is 9.87. The fourth-order valence-electron chi connectivity index (χ4n) is 10.2. The van der Waals surface area contributed by atoms with Crippen LogP contribution in [0.1, 0.15) is 23.6 Å². The second-order valence-electron chi connectivity index (χ2n) is 16.1. The van der Waals surface area contributed by atoms with Gasteiger partial charge in [-0.25, -0.2) is 9.97 Å². The fraction of sp³-hybridized carbons (Fsp3) is 0.0357. The Morgan fingerprint density at radius 2 is 1.10 bits per heavy atom. The third-order valence-corrected chi connectivity index (χ3v) is 12.8. The molecular weight excluding hydrogens is 729 g/mol. The number of allylic oxidation sites excluding steroid dienone is 4. The van der Waals surface area contributed by atoms with Gasteiger partial charge in [0, 0.05) is 55.0 Å². The van der Waals surface area contributed by atoms with E-state index in [1.807, 2.05) is 0 Å². The van der Waals surface area contributed by atoms with Crippen molar-refractivity contribution in [3.8, 4) is 28.3 Å². The van der Waals surface area contributed by atoms with Gasteiger partial charge in [0.15, 0.2) is 5.82 Å². The van der Waals surface area contributed by atoms with Gasteiger partial charge in [-0.3, -0.25) is 0 Å². The highest BCUT2D eigenvalue weighted by molar-refractivity contribution is 6.32. The Bertz CT molecular complexity index is 3740. The average Bonchev–Trinajstić information content (AvgIpc) is 3.98. The van der Waals surface area contributed by atoms with E-state index >= 15 is 0 Å². The fourth-order valence-corrected chi connectivity index (χ4v) is 10.2. The van der Waals surface area contributed by atoms with E-state index < -0.39 is 0 Å². The maximum Gasteiger partial charge on any atom is 0.160 e. The zero-order chi connectivity index (χ0) is 39.3. The summed E-state index contributed by atoms with van der Waals surface area (Å²) in [5.41, 5.74) is 13.7. The first kappa shape index (κ1) is 33.2. The van der Waals surface area contributed by atoms with E-state index in [0.717, 1.165) is 34.6 Å². The Balaban J connectivity index is 0.991. The van der Waals surface area contributed by atoms with Crippen LogP contribution in [0.15, 0.2) is 200 Å². The Hall–Kier alpha value is -7.82. The maximum absolute atomic E-state index is 5.33. The van der Waals surface area contributed by atoms with Gasteiger partial charge in [0.25, 0.3) is 0 Å². The summed E-state index contributed by atoms with van der Waals surface area (Å²) >= 11 is 0. The Kier molecular flexibility index (Phi) is 7.10. The van der Waals surface area contributed by atoms with Gasteiger partial charge < -0.3 is 8.97 Å². The molecule has 1 unspecified atom stereocenters. The summed E-state index contributed by atoms with van der Waals surface area (Å²) in [4.78, 5) is 10.6. The molecule has 1 aliphatic rings. The number of hydrogen-bond acceptors (Lipinski definition) is 2. The van der Waals surface area contributed by atoms with Crippen molar-refractivity contribution in [2.45, 2.75) is 12.3 Å². The normalized spacial score (nSPS) is 14.5. The van der Waals surface area contributed by atoms with Crippen LogP contribution in [0, 0.1) is 0 Å². The van der Waals surface area contributed by atoms with Crippen molar-refractivity contribution in [2.75, 3.05) is 0 Å². The predicted molar refractivity (Wildman–Crippen MR) is 250 cm³/mol. The van der Waals surface area contributed by atoms with E-state index in [1.165, 1.54) is 81.8 Å². The monoisotopic (exact) mass is 764 g/mol. The summed E-state index contributed by atoms with van der Waals surface area (Å²) < 4.78 is 4.89. The number of benzene rings is 8. The largest absolute Gasteiger partial charge is 0.309 e. The molecule has 4 heterocycles. The van der Waals surface area contributed by atoms with E-state index in [4.69, 9.17) is 9.97 Å². The van der Waals surface area contributed by atoms with Crippen LogP contribution in [0.2, 0.25) is 0 Å². The number of fused-ring (bicyclic) bond motifs is 12. The molecule has 0 saturated heterocycles. The molecule has 0 fully saturated rings. The highest BCUT2D eigenvalue weighted by Crippen LogP contribution is 2.45. The van der Waals surface area contributed by atoms with Crippen molar-refractivity contribution in [1.29, 1.82) is 0 Å². The standard InChI is InChI=1S/C56H36N4/c1-3-14-35(15-4-1)37-18-11-19-38(32-37)48-34-47(36-16-5-2-6-17-36)57-56(58-48)39-20-12-21-40(33-39)59-50-27-10-8-23-45(50)53-42-29-31-52-54(43(42)28-30-51(53)59)46-25-13-24-44-41-22-7-9-26-49(41)60(52)55(44)46/h1-31,33-34,37H,32H2. The lowest BCUT2D eigenvalue weighted by molar-refractivity contribution is 0.862. The predicted octanol–water partition coefficient (Wildman–Crippen LogP) is 14.3. The summed E-state index contributed by atoms with van der Waals surface area (Å²) in [6.45, 7) is 0. The molecule has 0 bridgehead atoms. The number of rotatable bonds is 5. The van der Waals surface area contributed by atoms with Gasteiger partial charge in [-0.05, 0) is 70.8 Å². The molecule has 60 heavy (non-hydrogen) atoms. The van der Waals surface area contributed by atoms with Crippen LogP contribution in [0.25, 0.3) is 105 Å². The first-order valence-corrected chi connectivity index (χ1v) is 20.8. The zero-order valence-electron chi connectivity index (χ0n) is 32.6.